The van der Waals surface area contributed by atoms with Crippen molar-refractivity contribution in [1.82, 2.24) is 19.4 Å². The molecular weight excluding hydrogens is 482 g/mol. The molecule has 2 amide bonds. The molecule has 1 saturated heterocycles. The summed E-state index contributed by atoms with van der Waals surface area (Å²) in [6, 6.07) is -0.419. The van der Waals surface area contributed by atoms with Gasteiger partial charge in [0.1, 0.15) is 12.1 Å². The van der Waals surface area contributed by atoms with E-state index < -0.39 is 54.0 Å². The summed E-state index contributed by atoms with van der Waals surface area (Å²) in [5.74, 6) is -2.11. The summed E-state index contributed by atoms with van der Waals surface area (Å²) in [4.78, 5) is 66.1. The molecule has 1 aliphatic heterocycles. The summed E-state index contributed by atoms with van der Waals surface area (Å²) < 4.78 is 6.39. The number of carboxylic acid groups (broad SMARTS) is 1. The van der Waals surface area contributed by atoms with Crippen LogP contribution in [0.25, 0.3) is 0 Å². The second-order valence-corrected chi connectivity index (χ2v) is 10.1. The molecule has 0 unspecified atom stereocenters. The average molecular weight is 526 g/mol. The van der Waals surface area contributed by atoms with Gasteiger partial charge in [-0.05, 0) is 61.3 Å². The van der Waals surface area contributed by atoms with Crippen LogP contribution in [0.1, 0.15) is 59.9 Å². The second-order valence-electron chi connectivity index (χ2n) is 10.1. The first kappa shape index (κ1) is 31.9. The Morgan fingerprint density at radius 3 is 2.24 bits per heavy atom. The van der Waals surface area contributed by atoms with Gasteiger partial charge >= 0.3 is 11.8 Å². The highest BCUT2D eigenvalue weighted by atomic mass is 16.6. The summed E-state index contributed by atoms with van der Waals surface area (Å²) in [7, 11) is 0. The number of rotatable bonds is 9. The number of aliphatic carboxylic acids is 1. The predicted octanol–water partition coefficient (Wildman–Crippen LogP) is -1.25. The first-order chi connectivity index (χ1) is 17.2. The molecule has 12 nitrogen and oxygen atoms in total. The summed E-state index contributed by atoms with van der Waals surface area (Å²) in [5, 5.41) is 11.2. The number of amides is 2. The number of nitrogens with zero attached hydrogens (tertiary/aromatic N) is 3. The van der Waals surface area contributed by atoms with Crippen molar-refractivity contribution in [3.8, 4) is 0 Å². The van der Waals surface area contributed by atoms with Gasteiger partial charge in [0.25, 0.3) is 5.56 Å². The lowest BCUT2D eigenvalue weighted by molar-refractivity contribution is -0.894. The third kappa shape index (κ3) is 10.8. The van der Waals surface area contributed by atoms with Gasteiger partial charge in [0, 0.05) is 24.8 Å². The highest BCUT2D eigenvalue weighted by molar-refractivity contribution is 5.80. The zero-order valence-electron chi connectivity index (χ0n) is 23.2. The van der Waals surface area contributed by atoms with Crippen LogP contribution in [0.5, 0.6) is 0 Å². The number of carbonyl (C=O) groups excluding carboxylic acids is 3. The van der Waals surface area contributed by atoms with E-state index in [9.17, 15) is 29.1 Å². The number of H-pyrrole nitrogens is 1. The van der Waals surface area contributed by atoms with Crippen LogP contribution in [0.3, 0.4) is 0 Å². The number of aromatic nitrogens is 2. The SMILES string of the molecule is CC[NH+](CC)CC.Cc1cn(CC(=O)N(CC(=O)[O-])C[C@H]2CCCN2C(=O)OC(C)(C)C)c(=O)[nH]c1=O. The van der Waals surface area contributed by atoms with Crippen molar-refractivity contribution in [2.24, 2.45) is 0 Å². The van der Waals surface area contributed by atoms with Crippen molar-refractivity contribution in [2.75, 3.05) is 39.3 Å². The Morgan fingerprint density at radius 1 is 1.16 bits per heavy atom. The maximum atomic E-state index is 12.7. The Balaban J connectivity index is 0.000000856. The Labute approximate surface area is 218 Å². The number of hydrogen-bond donors (Lipinski definition) is 2. The lowest BCUT2D eigenvalue weighted by Crippen LogP contribution is -3.11. The van der Waals surface area contributed by atoms with Crippen LogP contribution in [0.2, 0.25) is 0 Å². The van der Waals surface area contributed by atoms with Crippen LogP contribution in [-0.2, 0) is 20.9 Å². The number of carbonyl (C=O) groups is 3. The molecule has 2 rings (SSSR count). The van der Waals surface area contributed by atoms with Crippen molar-refractivity contribution in [1.29, 1.82) is 0 Å². The fourth-order valence-corrected chi connectivity index (χ4v) is 3.98. The number of carboxylic acids is 1. The van der Waals surface area contributed by atoms with Crippen LogP contribution in [-0.4, -0.2) is 88.2 Å². The fraction of sp³-hybridized carbons (Fsp3) is 0.720. The smallest absolute Gasteiger partial charge is 0.410 e. The van der Waals surface area contributed by atoms with E-state index in [0.717, 1.165) is 9.47 Å². The number of quaternary nitrogens is 1. The first-order valence-corrected chi connectivity index (χ1v) is 12.8. The van der Waals surface area contributed by atoms with E-state index in [0.29, 0.717) is 19.4 Å². The Hall–Kier alpha value is -3.15. The molecule has 210 valence electrons. The van der Waals surface area contributed by atoms with E-state index in [2.05, 4.69) is 25.8 Å². The maximum Gasteiger partial charge on any atom is 0.410 e. The number of nitrogens with one attached hydrogen (secondary N) is 2. The highest BCUT2D eigenvalue weighted by Gasteiger charge is 2.34. The normalized spacial score (nSPS) is 15.2. The minimum absolute atomic E-state index is 0.0385. The van der Waals surface area contributed by atoms with Gasteiger partial charge in [0.05, 0.1) is 38.2 Å². The average Bonchev–Trinajstić information content (AvgIpc) is 3.25. The molecule has 1 fully saturated rings. The third-order valence-electron chi connectivity index (χ3n) is 6.10. The number of ether oxygens (including phenoxy) is 1. The monoisotopic (exact) mass is 525 g/mol. The quantitative estimate of drug-likeness (QED) is 0.409. The number of likely N-dealkylation sites (tertiary alicyclic amines) is 1. The lowest BCUT2D eigenvalue weighted by atomic mass is 10.2. The molecule has 0 aromatic carbocycles. The Bertz CT molecular complexity index is 1020. The molecule has 0 aliphatic carbocycles. The molecule has 0 spiro atoms. The Morgan fingerprint density at radius 2 is 1.76 bits per heavy atom. The van der Waals surface area contributed by atoms with Gasteiger partial charge in [0.15, 0.2) is 0 Å². The molecule has 1 atom stereocenters. The molecular formula is C25H43N5O7. The second kappa shape index (κ2) is 14.6. The number of hydrogen-bond acceptors (Lipinski definition) is 7. The number of aromatic amines is 1. The third-order valence-corrected chi connectivity index (χ3v) is 6.10. The van der Waals surface area contributed by atoms with Crippen molar-refractivity contribution >= 4 is 18.0 Å². The predicted molar refractivity (Wildman–Crippen MR) is 136 cm³/mol. The summed E-state index contributed by atoms with van der Waals surface area (Å²) >= 11 is 0. The van der Waals surface area contributed by atoms with Crippen LogP contribution in [0.15, 0.2) is 15.8 Å². The standard InChI is InChI=1S/C19H28N4O7.C6H15N/c1-12-8-22(17(28)20-16(12)27)10-14(24)21(11-15(25)26)9-13-6-5-7-23(13)18(29)30-19(2,3)4;1-4-7(5-2)6-3/h8,13H,5-7,9-11H2,1-4H3,(H,25,26)(H,20,27,28);4-6H2,1-3H3/t13-;/m1./s1. The van der Waals surface area contributed by atoms with Gasteiger partial charge in [-0.2, -0.15) is 0 Å². The topological polar surface area (TPSA) is 149 Å². The van der Waals surface area contributed by atoms with E-state index in [1.165, 1.54) is 37.7 Å². The number of aryl methyl sites for hydroxylation is 1. The summed E-state index contributed by atoms with van der Waals surface area (Å²) in [6.45, 7) is 16.4. The van der Waals surface area contributed by atoms with Crippen LogP contribution in [0, 0.1) is 6.92 Å². The zero-order chi connectivity index (χ0) is 28.3. The molecule has 2 N–H and O–H groups in total. The molecule has 12 heteroatoms. The van der Waals surface area contributed by atoms with Gasteiger partial charge in [-0.1, -0.05) is 0 Å². The van der Waals surface area contributed by atoms with E-state index in [4.69, 9.17) is 4.74 Å². The van der Waals surface area contributed by atoms with Crippen LogP contribution in [0.4, 0.5) is 4.79 Å². The van der Waals surface area contributed by atoms with E-state index in [1.54, 1.807) is 25.7 Å². The van der Waals surface area contributed by atoms with E-state index in [-0.39, 0.29) is 12.1 Å². The molecule has 1 aliphatic rings. The van der Waals surface area contributed by atoms with Crippen LogP contribution >= 0.6 is 0 Å². The highest BCUT2D eigenvalue weighted by Crippen LogP contribution is 2.21. The van der Waals surface area contributed by atoms with Crippen molar-refractivity contribution in [3.05, 3.63) is 32.6 Å². The van der Waals surface area contributed by atoms with Crippen molar-refractivity contribution in [3.63, 3.8) is 0 Å². The zero-order valence-corrected chi connectivity index (χ0v) is 23.2. The maximum absolute atomic E-state index is 12.7. The summed E-state index contributed by atoms with van der Waals surface area (Å²) in [5.41, 5.74) is -1.79. The van der Waals surface area contributed by atoms with Crippen molar-refractivity contribution < 1.29 is 29.1 Å². The van der Waals surface area contributed by atoms with Gasteiger partial charge in [0.2, 0.25) is 5.91 Å². The van der Waals surface area contributed by atoms with E-state index in [1.807, 2.05) is 0 Å². The molecule has 0 saturated carbocycles. The fourth-order valence-electron chi connectivity index (χ4n) is 3.98. The van der Waals surface area contributed by atoms with Gasteiger partial charge in [-0.15, -0.1) is 0 Å². The van der Waals surface area contributed by atoms with Crippen molar-refractivity contribution in [2.45, 2.75) is 79.5 Å². The molecule has 0 radical (unpaired) electrons. The molecule has 2 heterocycles. The summed E-state index contributed by atoms with van der Waals surface area (Å²) in [6.07, 6.45) is 1.97. The molecule has 37 heavy (non-hydrogen) atoms. The Kier molecular flexibility index (Phi) is 12.5. The van der Waals surface area contributed by atoms with Gasteiger partial charge in [-0.25, -0.2) is 9.59 Å². The molecule has 0 bridgehead atoms. The minimum atomic E-state index is -1.46. The lowest BCUT2D eigenvalue weighted by Gasteiger charge is -2.32. The van der Waals surface area contributed by atoms with Gasteiger partial charge in [-0.3, -0.25) is 19.1 Å². The first-order valence-electron chi connectivity index (χ1n) is 12.8. The molecule has 1 aromatic heterocycles. The largest absolute Gasteiger partial charge is 0.548 e. The molecule has 1 aromatic rings. The van der Waals surface area contributed by atoms with E-state index >= 15 is 0 Å². The minimum Gasteiger partial charge on any atom is -0.548 e. The van der Waals surface area contributed by atoms with Gasteiger partial charge < -0.3 is 29.3 Å². The van der Waals surface area contributed by atoms with Crippen LogP contribution < -0.4 is 21.3 Å².